The highest BCUT2D eigenvalue weighted by Gasteiger charge is 2.31. The van der Waals surface area contributed by atoms with Crippen LogP contribution in [0.2, 0.25) is 5.02 Å². The van der Waals surface area contributed by atoms with Crippen molar-refractivity contribution in [1.82, 2.24) is 5.32 Å². The molecule has 0 atom stereocenters. The topological polar surface area (TPSA) is 73.5 Å². The average molecular weight is 505 g/mol. The maximum Gasteiger partial charge on any atom is 0.416 e. The standard InChI is InChI=1S/C25H24ClF3N4O2/c1-2-17-6-10-20(11-7-17)31-23(34)30-14-15-33(22-5-3-4-18(16-22)25(27,28)29)24(35)32-21-12-8-19(26)9-13-21/h3-13,16H,2,14-15H2,1H3,(H,32,35)(H2,30,31,34). The number of amides is 4. The smallest absolute Gasteiger partial charge is 0.336 e. The van der Waals surface area contributed by atoms with E-state index in [4.69, 9.17) is 11.6 Å². The Hall–Kier alpha value is -3.72. The Morgan fingerprint density at radius 2 is 1.54 bits per heavy atom. The van der Waals surface area contributed by atoms with Crippen molar-refractivity contribution in [1.29, 1.82) is 0 Å². The summed E-state index contributed by atoms with van der Waals surface area (Å²) in [6, 6.07) is 16.9. The van der Waals surface area contributed by atoms with Crippen LogP contribution in [0.3, 0.4) is 0 Å². The lowest BCUT2D eigenvalue weighted by Crippen LogP contribution is -2.42. The minimum atomic E-state index is -4.57. The highest BCUT2D eigenvalue weighted by atomic mass is 35.5. The van der Waals surface area contributed by atoms with Gasteiger partial charge in [0, 0.05) is 35.2 Å². The Morgan fingerprint density at radius 1 is 0.914 bits per heavy atom. The third-order valence-electron chi connectivity index (χ3n) is 5.07. The fraction of sp³-hybridized carbons (Fsp3) is 0.200. The van der Waals surface area contributed by atoms with Gasteiger partial charge in [-0.25, -0.2) is 9.59 Å². The number of anilines is 3. The molecule has 0 aromatic heterocycles. The van der Waals surface area contributed by atoms with E-state index in [1.165, 1.54) is 12.1 Å². The molecule has 0 unspecified atom stereocenters. The fourth-order valence-corrected chi connectivity index (χ4v) is 3.33. The highest BCUT2D eigenvalue weighted by molar-refractivity contribution is 6.30. The zero-order valence-corrected chi connectivity index (χ0v) is 19.6. The molecular weight excluding hydrogens is 481 g/mol. The fourth-order valence-electron chi connectivity index (χ4n) is 3.20. The molecule has 0 aliphatic rings. The van der Waals surface area contributed by atoms with E-state index in [1.807, 2.05) is 19.1 Å². The number of nitrogens with one attached hydrogen (secondary N) is 3. The number of nitrogens with zero attached hydrogens (tertiary/aromatic N) is 1. The molecule has 6 nitrogen and oxygen atoms in total. The van der Waals surface area contributed by atoms with Crippen LogP contribution in [0.15, 0.2) is 72.8 Å². The van der Waals surface area contributed by atoms with Crippen LogP contribution < -0.4 is 20.9 Å². The quantitative estimate of drug-likeness (QED) is 0.332. The molecule has 3 aromatic rings. The molecule has 0 bridgehead atoms. The van der Waals surface area contributed by atoms with Crippen LogP contribution in [-0.4, -0.2) is 25.2 Å². The van der Waals surface area contributed by atoms with Crippen molar-refractivity contribution in [3.05, 3.63) is 88.9 Å². The Morgan fingerprint density at radius 3 is 2.17 bits per heavy atom. The number of halogens is 4. The van der Waals surface area contributed by atoms with Gasteiger partial charge >= 0.3 is 18.2 Å². The molecular formula is C25H24ClF3N4O2. The molecule has 0 saturated carbocycles. The van der Waals surface area contributed by atoms with Crippen LogP contribution in [-0.2, 0) is 12.6 Å². The normalized spacial score (nSPS) is 11.0. The predicted molar refractivity (Wildman–Crippen MR) is 132 cm³/mol. The maximum absolute atomic E-state index is 13.2. The second-order valence-corrected chi connectivity index (χ2v) is 8.00. The molecule has 0 aliphatic carbocycles. The monoisotopic (exact) mass is 504 g/mol. The molecule has 0 saturated heterocycles. The second-order valence-electron chi connectivity index (χ2n) is 7.57. The first-order valence-corrected chi connectivity index (χ1v) is 11.2. The van der Waals surface area contributed by atoms with Crippen LogP contribution in [0.4, 0.5) is 39.8 Å². The Balaban J connectivity index is 1.70. The lowest BCUT2D eigenvalue weighted by Gasteiger charge is -2.24. The van der Waals surface area contributed by atoms with Crippen molar-refractivity contribution in [3.63, 3.8) is 0 Å². The second kappa shape index (κ2) is 11.6. The molecule has 0 fully saturated rings. The van der Waals surface area contributed by atoms with Gasteiger partial charge in [-0.2, -0.15) is 13.2 Å². The van der Waals surface area contributed by atoms with E-state index in [0.29, 0.717) is 16.4 Å². The summed E-state index contributed by atoms with van der Waals surface area (Å²) < 4.78 is 39.7. The molecule has 3 N–H and O–H groups in total. The van der Waals surface area contributed by atoms with Gasteiger partial charge < -0.3 is 16.0 Å². The molecule has 0 heterocycles. The molecule has 3 rings (SSSR count). The van der Waals surface area contributed by atoms with Crippen LogP contribution >= 0.6 is 11.6 Å². The molecule has 4 amide bonds. The van der Waals surface area contributed by atoms with Gasteiger partial charge in [0.1, 0.15) is 0 Å². The first kappa shape index (κ1) is 25.9. The summed E-state index contributed by atoms with van der Waals surface area (Å²) >= 11 is 5.86. The van der Waals surface area contributed by atoms with Crippen molar-refractivity contribution < 1.29 is 22.8 Å². The number of rotatable bonds is 7. The first-order valence-electron chi connectivity index (χ1n) is 10.8. The van der Waals surface area contributed by atoms with Crippen molar-refractivity contribution in [2.24, 2.45) is 0 Å². The third kappa shape index (κ3) is 7.65. The van der Waals surface area contributed by atoms with Gasteiger partial charge in [-0.3, -0.25) is 4.90 Å². The summed E-state index contributed by atoms with van der Waals surface area (Å²) in [6.45, 7) is 1.93. The van der Waals surface area contributed by atoms with Gasteiger partial charge in [-0.15, -0.1) is 0 Å². The van der Waals surface area contributed by atoms with Gasteiger partial charge in [0.25, 0.3) is 0 Å². The first-order chi connectivity index (χ1) is 16.7. The molecule has 35 heavy (non-hydrogen) atoms. The summed E-state index contributed by atoms with van der Waals surface area (Å²) in [5.74, 6) is 0. The molecule has 0 aliphatic heterocycles. The maximum atomic E-state index is 13.2. The highest BCUT2D eigenvalue weighted by Crippen LogP contribution is 2.31. The van der Waals surface area contributed by atoms with Crippen LogP contribution in [0, 0.1) is 0 Å². The molecule has 0 radical (unpaired) electrons. The van der Waals surface area contributed by atoms with Gasteiger partial charge in [0.05, 0.1) is 5.56 Å². The number of benzene rings is 3. The Bertz CT molecular complexity index is 1150. The van der Waals surface area contributed by atoms with E-state index in [2.05, 4.69) is 16.0 Å². The molecule has 0 spiro atoms. The van der Waals surface area contributed by atoms with E-state index < -0.39 is 23.8 Å². The predicted octanol–water partition coefficient (Wildman–Crippen LogP) is 6.78. The van der Waals surface area contributed by atoms with Crippen LogP contribution in [0.1, 0.15) is 18.1 Å². The molecule has 3 aromatic carbocycles. The van der Waals surface area contributed by atoms with E-state index >= 15 is 0 Å². The van der Waals surface area contributed by atoms with Crippen LogP contribution in [0.25, 0.3) is 0 Å². The van der Waals surface area contributed by atoms with E-state index in [-0.39, 0.29) is 18.8 Å². The Labute approximate surface area is 206 Å². The van der Waals surface area contributed by atoms with Crippen molar-refractivity contribution in [2.45, 2.75) is 19.5 Å². The van der Waals surface area contributed by atoms with Gasteiger partial charge in [-0.1, -0.05) is 36.7 Å². The lowest BCUT2D eigenvalue weighted by molar-refractivity contribution is -0.137. The minimum Gasteiger partial charge on any atom is -0.336 e. The van der Waals surface area contributed by atoms with E-state index in [1.54, 1.807) is 36.4 Å². The molecule has 184 valence electrons. The summed E-state index contributed by atoms with van der Waals surface area (Å²) in [5, 5.41) is 8.40. The van der Waals surface area contributed by atoms with Crippen molar-refractivity contribution in [3.8, 4) is 0 Å². The van der Waals surface area contributed by atoms with E-state index in [0.717, 1.165) is 29.0 Å². The zero-order chi connectivity index (χ0) is 25.4. The number of urea groups is 2. The van der Waals surface area contributed by atoms with Gasteiger partial charge in [0.2, 0.25) is 0 Å². The summed E-state index contributed by atoms with van der Waals surface area (Å²) in [4.78, 5) is 26.3. The Kier molecular flexibility index (Phi) is 8.59. The lowest BCUT2D eigenvalue weighted by atomic mass is 10.1. The SMILES string of the molecule is CCc1ccc(NC(=O)NCCN(C(=O)Nc2ccc(Cl)cc2)c2cccc(C(F)(F)F)c2)cc1. The van der Waals surface area contributed by atoms with Crippen molar-refractivity contribution >= 4 is 40.7 Å². The number of hydrogen-bond donors (Lipinski definition) is 3. The summed E-state index contributed by atoms with van der Waals surface area (Å²) in [7, 11) is 0. The van der Waals surface area contributed by atoms with Crippen molar-refractivity contribution in [2.75, 3.05) is 28.6 Å². The summed E-state index contributed by atoms with van der Waals surface area (Å²) in [6.07, 6.45) is -3.70. The number of hydrogen-bond acceptors (Lipinski definition) is 2. The van der Waals surface area contributed by atoms with Crippen LogP contribution in [0.5, 0.6) is 0 Å². The number of carbonyl (C=O) groups excluding carboxylic acids is 2. The van der Waals surface area contributed by atoms with Gasteiger partial charge in [0.15, 0.2) is 0 Å². The minimum absolute atomic E-state index is 0.0108. The van der Waals surface area contributed by atoms with Gasteiger partial charge in [-0.05, 0) is 66.6 Å². The summed E-state index contributed by atoms with van der Waals surface area (Å²) in [5.41, 5.74) is 1.27. The number of aryl methyl sites for hydroxylation is 1. The number of carbonyl (C=O) groups is 2. The largest absolute Gasteiger partial charge is 0.416 e. The third-order valence-corrected chi connectivity index (χ3v) is 5.32. The zero-order valence-electron chi connectivity index (χ0n) is 18.8. The number of alkyl halides is 3. The van der Waals surface area contributed by atoms with E-state index in [9.17, 15) is 22.8 Å². The average Bonchev–Trinajstić information content (AvgIpc) is 2.83. The molecule has 10 heteroatoms.